The third-order valence-corrected chi connectivity index (χ3v) is 2.91. The van der Waals surface area contributed by atoms with Crippen LogP contribution in [0.5, 0.6) is 0 Å². The van der Waals surface area contributed by atoms with E-state index in [1.54, 1.807) is 0 Å². The van der Waals surface area contributed by atoms with Gasteiger partial charge in [0.15, 0.2) is 0 Å². The highest BCUT2D eigenvalue weighted by molar-refractivity contribution is 5.08. The van der Waals surface area contributed by atoms with Crippen LogP contribution in [0.2, 0.25) is 0 Å². The van der Waals surface area contributed by atoms with Crippen LogP contribution in [0.3, 0.4) is 0 Å². The first kappa shape index (κ1) is 14.2. The number of ether oxygens (including phenoxy) is 1. The van der Waals surface area contributed by atoms with Crippen molar-refractivity contribution in [2.45, 2.75) is 26.8 Å². The lowest BCUT2D eigenvalue weighted by atomic mass is 10.2. The summed E-state index contributed by atoms with van der Waals surface area (Å²) in [5.74, 6) is 0.607. The summed E-state index contributed by atoms with van der Waals surface area (Å²) >= 11 is 0. The van der Waals surface area contributed by atoms with Gasteiger partial charge in [-0.15, -0.1) is 0 Å². The topological polar surface area (TPSA) is 30.3 Å². The van der Waals surface area contributed by atoms with Gasteiger partial charge in [0.1, 0.15) is 0 Å². The van der Waals surface area contributed by atoms with Crippen molar-refractivity contribution in [3.05, 3.63) is 18.0 Å². The lowest BCUT2D eigenvalue weighted by Gasteiger charge is -2.23. The second kappa shape index (κ2) is 6.77. The van der Waals surface area contributed by atoms with Crippen molar-refractivity contribution in [3.63, 3.8) is 0 Å². The van der Waals surface area contributed by atoms with E-state index >= 15 is 0 Å². The van der Waals surface area contributed by atoms with Gasteiger partial charge in [-0.1, -0.05) is 13.8 Å². The minimum absolute atomic E-state index is 0.381. The minimum Gasteiger partial charge on any atom is -0.380 e. The Morgan fingerprint density at radius 2 is 2.12 bits per heavy atom. The summed E-state index contributed by atoms with van der Waals surface area (Å²) in [7, 11) is 4.07. The van der Waals surface area contributed by atoms with Gasteiger partial charge in [0.25, 0.3) is 0 Å². The summed E-state index contributed by atoms with van der Waals surface area (Å²) < 4.78 is 7.44. The van der Waals surface area contributed by atoms with E-state index in [-0.39, 0.29) is 0 Å². The summed E-state index contributed by atoms with van der Waals surface area (Å²) in [6.07, 6.45) is 3.99. The molecule has 0 saturated carbocycles. The van der Waals surface area contributed by atoms with E-state index in [1.807, 2.05) is 17.9 Å². The summed E-state index contributed by atoms with van der Waals surface area (Å²) in [5.41, 5.74) is 1.25. The van der Waals surface area contributed by atoms with E-state index < -0.39 is 0 Å². The molecular weight excluding hydrogens is 214 g/mol. The average molecular weight is 239 g/mol. The molecule has 98 valence electrons. The highest BCUT2D eigenvalue weighted by atomic mass is 16.5. The highest BCUT2D eigenvalue weighted by Gasteiger charge is 2.12. The van der Waals surface area contributed by atoms with Crippen LogP contribution >= 0.6 is 0 Å². The molecule has 4 heteroatoms. The van der Waals surface area contributed by atoms with E-state index in [2.05, 4.69) is 44.0 Å². The second-order valence-electron chi connectivity index (χ2n) is 5.07. The zero-order chi connectivity index (χ0) is 12.8. The van der Waals surface area contributed by atoms with Crippen LogP contribution in [0.25, 0.3) is 0 Å². The van der Waals surface area contributed by atoms with Crippen molar-refractivity contribution >= 4 is 0 Å². The fraction of sp³-hybridized carbons (Fsp3) is 0.769. The Balaban J connectivity index is 2.29. The molecule has 0 aliphatic heterocycles. The molecule has 4 nitrogen and oxygen atoms in total. The van der Waals surface area contributed by atoms with E-state index in [1.165, 1.54) is 5.56 Å². The van der Waals surface area contributed by atoms with E-state index in [4.69, 9.17) is 4.74 Å². The molecule has 1 aromatic heterocycles. The summed E-state index contributed by atoms with van der Waals surface area (Å²) in [4.78, 5) is 2.29. The summed E-state index contributed by atoms with van der Waals surface area (Å²) in [5, 5.41) is 4.20. The van der Waals surface area contributed by atoms with Crippen LogP contribution in [-0.4, -0.2) is 41.5 Å². The van der Waals surface area contributed by atoms with Crippen molar-refractivity contribution < 1.29 is 4.74 Å². The zero-order valence-electron chi connectivity index (χ0n) is 11.7. The van der Waals surface area contributed by atoms with Gasteiger partial charge in [-0.2, -0.15) is 5.10 Å². The Kier molecular flexibility index (Phi) is 5.65. The number of aryl methyl sites for hydroxylation is 1. The van der Waals surface area contributed by atoms with Gasteiger partial charge in [-0.3, -0.25) is 9.58 Å². The van der Waals surface area contributed by atoms with Crippen molar-refractivity contribution in [2.75, 3.05) is 26.8 Å². The fourth-order valence-corrected chi connectivity index (χ4v) is 1.63. The molecule has 0 radical (unpaired) electrons. The molecule has 0 amide bonds. The number of rotatable bonds is 7. The molecule has 0 saturated heterocycles. The van der Waals surface area contributed by atoms with Crippen LogP contribution in [-0.2, 0) is 11.8 Å². The SMILES string of the molecule is CC(C)COCCN(C)[C@@H](C)c1cnn(C)c1. The lowest BCUT2D eigenvalue weighted by Crippen LogP contribution is -2.26. The Morgan fingerprint density at radius 3 is 2.65 bits per heavy atom. The number of hydrogen-bond acceptors (Lipinski definition) is 3. The van der Waals surface area contributed by atoms with Crippen LogP contribution in [0, 0.1) is 5.92 Å². The largest absolute Gasteiger partial charge is 0.380 e. The van der Waals surface area contributed by atoms with Crippen LogP contribution in [0.1, 0.15) is 32.4 Å². The summed E-state index contributed by atoms with van der Waals surface area (Å²) in [6, 6.07) is 0.381. The third kappa shape index (κ3) is 4.88. The maximum atomic E-state index is 5.59. The Morgan fingerprint density at radius 1 is 1.41 bits per heavy atom. The molecule has 0 unspecified atom stereocenters. The standard InChI is InChI=1S/C13H25N3O/c1-11(2)10-17-7-6-15(4)12(3)13-8-14-16(5)9-13/h8-9,11-12H,6-7,10H2,1-5H3/t12-/m0/s1. The Bertz CT molecular complexity index is 322. The molecule has 0 spiro atoms. The van der Waals surface area contributed by atoms with E-state index in [9.17, 15) is 0 Å². The van der Waals surface area contributed by atoms with Gasteiger partial charge < -0.3 is 4.74 Å². The fourth-order valence-electron chi connectivity index (χ4n) is 1.63. The first-order valence-corrected chi connectivity index (χ1v) is 6.27. The normalized spacial score (nSPS) is 13.6. The lowest BCUT2D eigenvalue weighted by molar-refractivity contribution is 0.0831. The highest BCUT2D eigenvalue weighted by Crippen LogP contribution is 2.16. The molecular formula is C13H25N3O. The quantitative estimate of drug-likeness (QED) is 0.683. The number of nitrogens with zero attached hydrogens (tertiary/aromatic N) is 3. The van der Waals surface area contributed by atoms with Gasteiger partial charge in [0.05, 0.1) is 12.8 Å². The van der Waals surface area contributed by atoms with Crippen molar-refractivity contribution in [1.82, 2.24) is 14.7 Å². The van der Waals surface area contributed by atoms with Gasteiger partial charge >= 0.3 is 0 Å². The zero-order valence-corrected chi connectivity index (χ0v) is 11.7. The van der Waals surface area contributed by atoms with Gasteiger partial charge in [0.2, 0.25) is 0 Å². The van der Waals surface area contributed by atoms with Crippen molar-refractivity contribution in [3.8, 4) is 0 Å². The summed E-state index contributed by atoms with van der Waals surface area (Å²) in [6.45, 7) is 9.11. The number of hydrogen-bond donors (Lipinski definition) is 0. The number of aromatic nitrogens is 2. The maximum Gasteiger partial charge on any atom is 0.0593 e. The van der Waals surface area contributed by atoms with Gasteiger partial charge in [0, 0.05) is 38.0 Å². The average Bonchev–Trinajstić information content (AvgIpc) is 2.69. The van der Waals surface area contributed by atoms with Crippen LogP contribution in [0.4, 0.5) is 0 Å². The molecule has 1 rings (SSSR count). The van der Waals surface area contributed by atoms with Crippen LogP contribution in [0.15, 0.2) is 12.4 Å². The molecule has 1 aromatic rings. The minimum atomic E-state index is 0.381. The molecule has 1 heterocycles. The Hall–Kier alpha value is -0.870. The molecule has 17 heavy (non-hydrogen) atoms. The molecule has 0 N–H and O–H groups in total. The molecule has 0 bridgehead atoms. The predicted octanol–water partition coefficient (Wildman–Crippen LogP) is 2.09. The molecule has 1 atom stereocenters. The first-order chi connectivity index (χ1) is 8.00. The first-order valence-electron chi connectivity index (χ1n) is 6.27. The van der Waals surface area contributed by atoms with E-state index in [0.717, 1.165) is 19.8 Å². The van der Waals surface area contributed by atoms with Crippen molar-refractivity contribution in [2.24, 2.45) is 13.0 Å². The molecule has 0 aromatic carbocycles. The smallest absolute Gasteiger partial charge is 0.0593 e. The predicted molar refractivity (Wildman–Crippen MR) is 69.9 cm³/mol. The monoisotopic (exact) mass is 239 g/mol. The maximum absolute atomic E-state index is 5.59. The molecule has 0 aliphatic rings. The number of likely N-dealkylation sites (N-methyl/N-ethyl adjacent to an activating group) is 1. The Labute approximate surface area is 105 Å². The van der Waals surface area contributed by atoms with Crippen LogP contribution < -0.4 is 0 Å². The second-order valence-corrected chi connectivity index (χ2v) is 5.07. The van der Waals surface area contributed by atoms with Gasteiger partial charge in [-0.25, -0.2) is 0 Å². The molecule has 0 aliphatic carbocycles. The van der Waals surface area contributed by atoms with Gasteiger partial charge in [-0.05, 0) is 19.9 Å². The van der Waals surface area contributed by atoms with Crippen molar-refractivity contribution in [1.29, 1.82) is 0 Å². The van der Waals surface area contributed by atoms with E-state index in [0.29, 0.717) is 12.0 Å². The third-order valence-electron chi connectivity index (χ3n) is 2.91. The molecule has 0 fully saturated rings.